The highest BCUT2D eigenvalue weighted by Gasteiger charge is 2.32. The van der Waals surface area contributed by atoms with E-state index in [2.05, 4.69) is 20.7 Å². The number of aryl methyl sites for hydroxylation is 1. The molecule has 0 bridgehead atoms. The summed E-state index contributed by atoms with van der Waals surface area (Å²) in [5, 5.41) is 11.5. The quantitative estimate of drug-likeness (QED) is 0.880. The summed E-state index contributed by atoms with van der Waals surface area (Å²) >= 11 is 0. The molecule has 0 unspecified atom stereocenters. The Morgan fingerprint density at radius 2 is 2.11 bits per heavy atom. The van der Waals surface area contributed by atoms with Gasteiger partial charge in [0.25, 0.3) is 5.91 Å². The smallest absolute Gasteiger partial charge is 0.321 e. The number of aromatic amines is 1. The number of nitrogens with zero attached hydrogens (tertiary/aromatic N) is 2. The van der Waals surface area contributed by atoms with Crippen molar-refractivity contribution in [1.82, 2.24) is 15.4 Å². The fourth-order valence-electron chi connectivity index (χ4n) is 1.51. The van der Waals surface area contributed by atoms with Gasteiger partial charge in [-0.1, -0.05) is 6.07 Å². The zero-order chi connectivity index (χ0) is 14.0. The monoisotopic (exact) mass is 270 g/mol. The SMILES string of the molecule is Cc1ccc(NC(=O)c2cn[nH]n2)cc1C(F)(F)F. The lowest BCUT2D eigenvalue weighted by molar-refractivity contribution is -0.138. The van der Waals surface area contributed by atoms with E-state index in [4.69, 9.17) is 0 Å². The van der Waals surface area contributed by atoms with Crippen LogP contribution in [0.5, 0.6) is 0 Å². The van der Waals surface area contributed by atoms with Crippen LogP contribution in [0.25, 0.3) is 0 Å². The average Bonchev–Trinajstić information content (AvgIpc) is 2.83. The number of halogens is 3. The first-order valence-corrected chi connectivity index (χ1v) is 5.23. The minimum absolute atomic E-state index is 0.00543. The average molecular weight is 270 g/mol. The van der Waals surface area contributed by atoms with E-state index in [1.54, 1.807) is 0 Å². The summed E-state index contributed by atoms with van der Waals surface area (Å²) in [6, 6.07) is 3.57. The van der Waals surface area contributed by atoms with Crippen molar-refractivity contribution in [3.63, 3.8) is 0 Å². The van der Waals surface area contributed by atoms with Crippen molar-refractivity contribution in [2.24, 2.45) is 0 Å². The second kappa shape index (κ2) is 4.71. The molecule has 0 saturated carbocycles. The molecule has 0 aliphatic rings. The number of hydrogen-bond acceptors (Lipinski definition) is 3. The van der Waals surface area contributed by atoms with Gasteiger partial charge >= 0.3 is 6.18 Å². The van der Waals surface area contributed by atoms with Gasteiger partial charge in [0.05, 0.1) is 11.8 Å². The number of nitrogens with one attached hydrogen (secondary N) is 2. The number of rotatable bonds is 2. The van der Waals surface area contributed by atoms with Gasteiger partial charge in [-0.05, 0) is 24.6 Å². The largest absolute Gasteiger partial charge is 0.416 e. The summed E-state index contributed by atoms with van der Waals surface area (Å²) in [6.07, 6.45) is -3.28. The van der Waals surface area contributed by atoms with Crippen molar-refractivity contribution >= 4 is 11.6 Å². The third kappa shape index (κ3) is 2.90. The topological polar surface area (TPSA) is 70.7 Å². The summed E-state index contributed by atoms with van der Waals surface area (Å²) < 4.78 is 38.1. The molecule has 0 aliphatic heterocycles. The predicted octanol–water partition coefficient (Wildman–Crippen LogP) is 2.38. The molecule has 0 atom stereocenters. The number of H-pyrrole nitrogens is 1. The van der Waals surface area contributed by atoms with Crippen LogP contribution in [0.1, 0.15) is 21.6 Å². The first-order valence-electron chi connectivity index (χ1n) is 5.23. The maximum Gasteiger partial charge on any atom is 0.416 e. The molecule has 1 heterocycles. The Morgan fingerprint density at radius 3 is 2.68 bits per heavy atom. The van der Waals surface area contributed by atoms with Gasteiger partial charge in [0.1, 0.15) is 0 Å². The molecular weight excluding hydrogens is 261 g/mol. The highest BCUT2D eigenvalue weighted by atomic mass is 19.4. The fourth-order valence-corrected chi connectivity index (χ4v) is 1.51. The van der Waals surface area contributed by atoms with Gasteiger partial charge in [-0.3, -0.25) is 4.79 Å². The zero-order valence-corrected chi connectivity index (χ0v) is 9.75. The summed E-state index contributed by atoms with van der Waals surface area (Å²) in [4.78, 5) is 11.6. The van der Waals surface area contributed by atoms with Crippen LogP contribution in [-0.4, -0.2) is 21.3 Å². The Balaban J connectivity index is 2.25. The van der Waals surface area contributed by atoms with E-state index in [0.29, 0.717) is 0 Å². The molecule has 0 fully saturated rings. The lowest BCUT2D eigenvalue weighted by Crippen LogP contribution is -2.14. The Hall–Kier alpha value is -2.38. The highest BCUT2D eigenvalue weighted by molar-refractivity contribution is 6.02. The fraction of sp³-hybridized carbons (Fsp3) is 0.182. The van der Waals surface area contributed by atoms with Crippen LogP contribution in [0.4, 0.5) is 18.9 Å². The van der Waals surface area contributed by atoms with E-state index in [1.165, 1.54) is 25.3 Å². The Kier molecular flexibility index (Phi) is 3.24. The number of carbonyl (C=O) groups is 1. The van der Waals surface area contributed by atoms with Crippen molar-refractivity contribution in [2.75, 3.05) is 5.32 Å². The van der Waals surface area contributed by atoms with Crippen LogP contribution < -0.4 is 5.32 Å². The lowest BCUT2D eigenvalue weighted by atomic mass is 10.1. The maximum atomic E-state index is 12.7. The number of aromatic nitrogens is 3. The van der Waals surface area contributed by atoms with Gasteiger partial charge in [-0.15, -0.1) is 0 Å². The van der Waals surface area contributed by atoms with E-state index in [-0.39, 0.29) is 16.9 Å². The second-order valence-corrected chi connectivity index (χ2v) is 3.84. The molecular formula is C11H9F3N4O. The number of anilines is 1. The van der Waals surface area contributed by atoms with E-state index in [0.717, 1.165) is 6.07 Å². The molecule has 19 heavy (non-hydrogen) atoms. The van der Waals surface area contributed by atoms with Gasteiger partial charge < -0.3 is 5.32 Å². The number of hydrogen-bond donors (Lipinski definition) is 2. The summed E-state index contributed by atoms with van der Waals surface area (Å²) in [6.45, 7) is 1.35. The molecule has 0 aliphatic carbocycles. The predicted molar refractivity (Wildman–Crippen MR) is 60.5 cm³/mol. The van der Waals surface area contributed by atoms with Crippen LogP contribution >= 0.6 is 0 Å². The number of carbonyl (C=O) groups excluding carboxylic acids is 1. The van der Waals surface area contributed by atoms with Gasteiger partial charge in [-0.25, -0.2) is 0 Å². The molecule has 1 aromatic heterocycles. The molecule has 2 N–H and O–H groups in total. The minimum atomic E-state index is -4.46. The molecule has 8 heteroatoms. The molecule has 1 amide bonds. The Morgan fingerprint density at radius 1 is 1.37 bits per heavy atom. The standard InChI is InChI=1S/C11H9F3N4O/c1-6-2-3-7(4-8(6)11(12,13)14)16-10(19)9-5-15-18-17-9/h2-5H,1H3,(H,16,19)(H,15,17,18). The van der Waals surface area contributed by atoms with Crippen molar-refractivity contribution in [3.8, 4) is 0 Å². The van der Waals surface area contributed by atoms with Crippen LogP contribution in [-0.2, 0) is 6.18 Å². The van der Waals surface area contributed by atoms with Gasteiger partial charge in [0, 0.05) is 5.69 Å². The third-order valence-electron chi connectivity index (χ3n) is 2.45. The minimum Gasteiger partial charge on any atom is -0.321 e. The van der Waals surface area contributed by atoms with Crippen LogP contribution in [0.15, 0.2) is 24.4 Å². The number of alkyl halides is 3. The molecule has 1 aromatic carbocycles. The van der Waals surface area contributed by atoms with Crippen LogP contribution in [0.3, 0.4) is 0 Å². The Labute approximate surface area is 105 Å². The second-order valence-electron chi connectivity index (χ2n) is 3.84. The van der Waals surface area contributed by atoms with Gasteiger partial charge in [-0.2, -0.15) is 28.6 Å². The molecule has 2 rings (SSSR count). The Bertz CT molecular complexity index is 592. The molecule has 0 spiro atoms. The van der Waals surface area contributed by atoms with Crippen LogP contribution in [0.2, 0.25) is 0 Å². The number of benzene rings is 1. The van der Waals surface area contributed by atoms with Crippen molar-refractivity contribution in [1.29, 1.82) is 0 Å². The van der Waals surface area contributed by atoms with Gasteiger partial charge in [0.2, 0.25) is 0 Å². The molecule has 0 radical (unpaired) electrons. The first-order chi connectivity index (χ1) is 8.88. The normalized spacial score (nSPS) is 11.4. The van der Waals surface area contributed by atoms with E-state index in [1.807, 2.05) is 0 Å². The highest BCUT2D eigenvalue weighted by Crippen LogP contribution is 2.33. The molecule has 5 nitrogen and oxygen atoms in total. The molecule has 100 valence electrons. The van der Waals surface area contributed by atoms with E-state index >= 15 is 0 Å². The summed E-state index contributed by atoms with van der Waals surface area (Å²) in [5.74, 6) is -0.634. The summed E-state index contributed by atoms with van der Waals surface area (Å²) in [7, 11) is 0. The van der Waals surface area contributed by atoms with Crippen LogP contribution in [0, 0.1) is 6.92 Å². The molecule has 0 saturated heterocycles. The number of amides is 1. The van der Waals surface area contributed by atoms with E-state index in [9.17, 15) is 18.0 Å². The maximum absolute atomic E-state index is 12.7. The zero-order valence-electron chi connectivity index (χ0n) is 9.75. The van der Waals surface area contributed by atoms with Crippen molar-refractivity contribution in [3.05, 3.63) is 41.2 Å². The molecule has 2 aromatic rings. The van der Waals surface area contributed by atoms with Crippen molar-refractivity contribution < 1.29 is 18.0 Å². The first kappa shape index (κ1) is 13.1. The third-order valence-corrected chi connectivity index (χ3v) is 2.45. The van der Waals surface area contributed by atoms with Gasteiger partial charge in [0.15, 0.2) is 5.69 Å². The summed E-state index contributed by atoms with van der Waals surface area (Å²) in [5.41, 5.74) is -0.655. The van der Waals surface area contributed by atoms with Crippen molar-refractivity contribution in [2.45, 2.75) is 13.1 Å². The van der Waals surface area contributed by atoms with E-state index < -0.39 is 17.6 Å². The lowest BCUT2D eigenvalue weighted by Gasteiger charge is -2.12.